The predicted molar refractivity (Wildman–Crippen MR) is 134 cm³/mol. The van der Waals surface area contributed by atoms with E-state index < -0.39 is 16.1 Å². The summed E-state index contributed by atoms with van der Waals surface area (Å²) in [6.07, 6.45) is 6.27. The van der Waals surface area contributed by atoms with Crippen LogP contribution in [-0.4, -0.2) is 25.5 Å². The molecule has 0 bridgehead atoms. The van der Waals surface area contributed by atoms with E-state index in [1.54, 1.807) is 18.2 Å². The van der Waals surface area contributed by atoms with Crippen LogP contribution < -0.4 is 15.9 Å². The van der Waals surface area contributed by atoms with Gasteiger partial charge in [-0.2, -0.15) is 0 Å². The minimum Gasteiger partial charge on any atom is -0.334 e. The number of benzene rings is 3. The SMILES string of the molecule is NCc1ccc(CN(NS(=O)(=O)c2ccc3ccccc3c2)C(=O)NC2CCCCCC2)cc1. The Morgan fingerprint density at radius 1 is 0.882 bits per heavy atom. The Morgan fingerprint density at radius 2 is 1.53 bits per heavy atom. The van der Waals surface area contributed by atoms with Crippen molar-refractivity contribution >= 4 is 26.8 Å². The summed E-state index contributed by atoms with van der Waals surface area (Å²) in [5, 5.41) is 5.97. The van der Waals surface area contributed by atoms with Crippen molar-refractivity contribution in [3.05, 3.63) is 77.9 Å². The quantitative estimate of drug-likeness (QED) is 0.344. The van der Waals surface area contributed by atoms with E-state index in [1.807, 2.05) is 48.5 Å². The second-order valence-corrected chi connectivity index (χ2v) is 10.5. The number of hydrogen-bond donors (Lipinski definition) is 3. The summed E-state index contributed by atoms with van der Waals surface area (Å²) in [5.41, 5.74) is 7.46. The van der Waals surface area contributed by atoms with Crippen LogP contribution in [-0.2, 0) is 23.1 Å². The van der Waals surface area contributed by atoms with E-state index in [4.69, 9.17) is 5.73 Å². The van der Waals surface area contributed by atoms with E-state index >= 15 is 0 Å². The molecule has 2 amide bonds. The molecule has 3 aromatic rings. The van der Waals surface area contributed by atoms with Gasteiger partial charge in [0.2, 0.25) is 0 Å². The van der Waals surface area contributed by atoms with Gasteiger partial charge in [-0.15, -0.1) is 4.83 Å². The summed E-state index contributed by atoms with van der Waals surface area (Å²) in [6.45, 7) is 0.511. The summed E-state index contributed by atoms with van der Waals surface area (Å²) in [6, 6.07) is 19.6. The number of urea groups is 1. The lowest BCUT2D eigenvalue weighted by molar-refractivity contribution is 0.179. The van der Waals surface area contributed by atoms with Gasteiger partial charge in [-0.25, -0.2) is 18.2 Å². The number of sulfonamides is 1. The van der Waals surface area contributed by atoms with Crippen LogP contribution in [0.3, 0.4) is 0 Å². The fourth-order valence-electron chi connectivity index (χ4n) is 4.32. The summed E-state index contributed by atoms with van der Waals surface area (Å²) >= 11 is 0. The van der Waals surface area contributed by atoms with Crippen molar-refractivity contribution in [2.75, 3.05) is 0 Å². The first-order valence-electron chi connectivity index (χ1n) is 11.8. The molecule has 1 aliphatic rings. The molecule has 1 fully saturated rings. The van der Waals surface area contributed by atoms with Crippen LogP contribution in [0.4, 0.5) is 4.79 Å². The third-order valence-electron chi connectivity index (χ3n) is 6.29. The van der Waals surface area contributed by atoms with E-state index in [0.29, 0.717) is 6.54 Å². The van der Waals surface area contributed by atoms with Gasteiger partial charge in [0.05, 0.1) is 11.4 Å². The van der Waals surface area contributed by atoms with Gasteiger partial charge in [0.15, 0.2) is 0 Å². The Balaban J connectivity index is 1.57. The Bertz CT molecular complexity index is 1220. The number of amides is 2. The monoisotopic (exact) mass is 480 g/mol. The van der Waals surface area contributed by atoms with E-state index in [2.05, 4.69) is 10.1 Å². The molecule has 0 spiro atoms. The first kappa shape index (κ1) is 24.2. The van der Waals surface area contributed by atoms with E-state index in [0.717, 1.165) is 65.4 Å². The van der Waals surface area contributed by atoms with Crippen LogP contribution in [0.5, 0.6) is 0 Å². The maximum absolute atomic E-state index is 13.3. The molecule has 4 N–H and O–H groups in total. The lowest BCUT2D eigenvalue weighted by atomic mass is 10.1. The number of hydrazine groups is 1. The summed E-state index contributed by atoms with van der Waals surface area (Å²) in [5.74, 6) is 0. The topological polar surface area (TPSA) is 105 Å². The zero-order chi connectivity index (χ0) is 24.0. The fraction of sp³-hybridized carbons (Fsp3) is 0.346. The van der Waals surface area contributed by atoms with Crippen molar-refractivity contribution < 1.29 is 13.2 Å². The van der Waals surface area contributed by atoms with Crippen molar-refractivity contribution in [1.82, 2.24) is 15.2 Å². The summed E-state index contributed by atoms with van der Waals surface area (Å²) < 4.78 is 26.6. The van der Waals surface area contributed by atoms with Crippen LogP contribution in [0.1, 0.15) is 49.7 Å². The molecule has 0 atom stereocenters. The average Bonchev–Trinajstić information content (AvgIpc) is 3.12. The largest absolute Gasteiger partial charge is 0.334 e. The van der Waals surface area contributed by atoms with Gasteiger partial charge in [0, 0.05) is 12.6 Å². The first-order chi connectivity index (χ1) is 16.4. The maximum Gasteiger partial charge on any atom is 0.333 e. The molecule has 1 saturated carbocycles. The molecule has 180 valence electrons. The number of nitrogens with one attached hydrogen (secondary N) is 2. The molecule has 8 heteroatoms. The van der Waals surface area contributed by atoms with Gasteiger partial charge < -0.3 is 11.1 Å². The lowest BCUT2D eigenvalue weighted by Gasteiger charge is -2.26. The smallest absolute Gasteiger partial charge is 0.333 e. The molecular weight excluding hydrogens is 448 g/mol. The number of hydrogen-bond acceptors (Lipinski definition) is 4. The van der Waals surface area contributed by atoms with Crippen LogP contribution in [0, 0.1) is 0 Å². The Hall–Kier alpha value is -2.94. The zero-order valence-electron chi connectivity index (χ0n) is 19.2. The number of fused-ring (bicyclic) bond motifs is 1. The number of nitrogens with two attached hydrogens (primary N) is 1. The minimum absolute atomic E-state index is 0.0438. The standard InChI is InChI=1S/C26H32N4O3S/c27-18-20-11-13-21(14-12-20)19-30(26(31)28-24-9-3-1-2-4-10-24)29-34(32,33)25-16-15-22-7-5-6-8-23(22)17-25/h5-8,11-17,24,29H,1-4,9-10,18-19,27H2,(H,28,31). The van der Waals surface area contributed by atoms with Gasteiger partial charge in [-0.05, 0) is 46.9 Å². The van der Waals surface area contributed by atoms with Gasteiger partial charge in [0.25, 0.3) is 10.0 Å². The number of rotatable bonds is 7. The van der Waals surface area contributed by atoms with Crippen LogP contribution in [0.15, 0.2) is 71.6 Å². The van der Waals surface area contributed by atoms with Crippen LogP contribution >= 0.6 is 0 Å². The van der Waals surface area contributed by atoms with Crippen molar-refractivity contribution in [2.45, 2.75) is 62.6 Å². The highest BCUT2D eigenvalue weighted by Gasteiger charge is 2.25. The molecule has 34 heavy (non-hydrogen) atoms. The molecule has 1 aliphatic carbocycles. The van der Waals surface area contributed by atoms with Crippen molar-refractivity contribution in [3.8, 4) is 0 Å². The molecule has 4 rings (SSSR count). The number of nitrogens with zero attached hydrogens (tertiary/aromatic N) is 1. The molecule has 0 radical (unpaired) electrons. The first-order valence-corrected chi connectivity index (χ1v) is 13.3. The highest BCUT2D eigenvalue weighted by molar-refractivity contribution is 7.89. The van der Waals surface area contributed by atoms with Gasteiger partial charge in [0.1, 0.15) is 0 Å². The summed E-state index contributed by atoms with van der Waals surface area (Å²) in [7, 11) is -3.98. The summed E-state index contributed by atoms with van der Waals surface area (Å²) in [4.78, 5) is 15.9. The Morgan fingerprint density at radius 3 is 2.21 bits per heavy atom. The number of carbonyl (C=O) groups excluding carboxylic acids is 1. The highest BCUT2D eigenvalue weighted by atomic mass is 32.2. The van der Waals surface area contributed by atoms with Gasteiger partial charge >= 0.3 is 6.03 Å². The van der Waals surface area contributed by atoms with E-state index in [9.17, 15) is 13.2 Å². The molecular formula is C26H32N4O3S. The van der Waals surface area contributed by atoms with E-state index in [-0.39, 0.29) is 17.5 Å². The second-order valence-electron chi connectivity index (χ2n) is 8.85. The van der Waals surface area contributed by atoms with Crippen molar-refractivity contribution in [2.24, 2.45) is 5.73 Å². The van der Waals surface area contributed by atoms with Crippen molar-refractivity contribution in [1.29, 1.82) is 0 Å². The third kappa shape index (κ3) is 6.14. The molecule has 0 aromatic heterocycles. The Labute approximate surface area is 201 Å². The third-order valence-corrected chi connectivity index (χ3v) is 7.62. The normalized spacial score (nSPS) is 15.1. The fourth-order valence-corrected chi connectivity index (χ4v) is 5.39. The minimum atomic E-state index is -3.98. The average molecular weight is 481 g/mol. The molecule has 0 unspecified atom stereocenters. The number of carbonyl (C=O) groups is 1. The zero-order valence-corrected chi connectivity index (χ0v) is 20.1. The second kappa shape index (κ2) is 11.0. The van der Waals surface area contributed by atoms with E-state index in [1.165, 1.54) is 0 Å². The molecule has 3 aromatic carbocycles. The Kier molecular flexibility index (Phi) is 7.82. The van der Waals surface area contributed by atoms with Crippen LogP contribution in [0.25, 0.3) is 10.8 Å². The predicted octanol–water partition coefficient (Wildman–Crippen LogP) is 4.43. The lowest BCUT2D eigenvalue weighted by Crippen LogP contribution is -2.52. The molecule has 0 saturated heterocycles. The molecule has 0 aliphatic heterocycles. The molecule has 0 heterocycles. The van der Waals surface area contributed by atoms with Gasteiger partial charge in [-0.3, -0.25) is 0 Å². The highest BCUT2D eigenvalue weighted by Crippen LogP contribution is 2.20. The van der Waals surface area contributed by atoms with Crippen LogP contribution in [0.2, 0.25) is 0 Å². The van der Waals surface area contributed by atoms with Crippen molar-refractivity contribution in [3.63, 3.8) is 0 Å². The maximum atomic E-state index is 13.3. The van der Waals surface area contributed by atoms with Gasteiger partial charge in [-0.1, -0.05) is 80.3 Å². The molecule has 7 nitrogen and oxygen atoms in total.